The molecule has 0 aliphatic carbocycles. The predicted octanol–water partition coefficient (Wildman–Crippen LogP) is 2.64. The molecule has 2 aromatic heterocycles. The lowest BCUT2D eigenvalue weighted by atomic mass is 10.2. The number of ether oxygens (including phenoxy) is 1. The molecular formula is C14H11N4O. The van der Waals surface area contributed by atoms with Gasteiger partial charge in [0, 0.05) is 6.07 Å². The van der Waals surface area contributed by atoms with Gasteiger partial charge < -0.3 is 4.74 Å². The fourth-order valence-corrected chi connectivity index (χ4v) is 1.62. The summed E-state index contributed by atoms with van der Waals surface area (Å²) >= 11 is 0. The molecule has 0 saturated carbocycles. The van der Waals surface area contributed by atoms with Gasteiger partial charge in [-0.1, -0.05) is 18.2 Å². The lowest BCUT2D eigenvalue weighted by Gasteiger charge is -2.07. The van der Waals surface area contributed by atoms with Crippen molar-refractivity contribution in [2.45, 2.75) is 0 Å². The molecule has 0 unspecified atom stereocenters. The number of benzene rings is 1. The van der Waals surface area contributed by atoms with Gasteiger partial charge in [0.1, 0.15) is 11.4 Å². The van der Waals surface area contributed by atoms with Crippen LogP contribution in [0.25, 0.3) is 5.69 Å². The van der Waals surface area contributed by atoms with Gasteiger partial charge in [0.25, 0.3) is 0 Å². The Labute approximate surface area is 110 Å². The lowest BCUT2D eigenvalue weighted by Crippen LogP contribution is -1.99. The largest absolute Gasteiger partial charge is 0.439 e. The fourth-order valence-electron chi connectivity index (χ4n) is 1.62. The highest BCUT2D eigenvalue weighted by atomic mass is 16.5. The van der Waals surface area contributed by atoms with Crippen molar-refractivity contribution in [1.29, 1.82) is 0 Å². The topological polar surface area (TPSA) is 52.8 Å². The van der Waals surface area contributed by atoms with Crippen LogP contribution < -0.4 is 4.74 Å². The van der Waals surface area contributed by atoms with Crippen LogP contribution in [0.1, 0.15) is 5.56 Å². The molecule has 0 bridgehead atoms. The van der Waals surface area contributed by atoms with E-state index in [1.54, 1.807) is 24.7 Å². The minimum absolute atomic E-state index is 0.506. The predicted molar refractivity (Wildman–Crippen MR) is 70.1 cm³/mol. The molecule has 5 nitrogen and oxygen atoms in total. The van der Waals surface area contributed by atoms with E-state index in [2.05, 4.69) is 22.1 Å². The third kappa shape index (κ3) is 2.44. The molecule has 0 saturated heterocycles. The van der Waals surface area contributed by atoms with Gasteiger partial charge in [-0.25, -0.2) is 4.98 Å². The normalized spacial score (nSPS) is 10.4. The first-order valence-electron chi connectivity index (χ1n) is 5.74. The maximum atomic E-state index is 5.66. The summed E-state index contributed by atoms with van der Waals surface area (Å²) in [4.78, 5) is 5.71. The highest BCUT2D eigenvalue weighted by molar-refractivity contribution is 5.38. The van der Waals surface area contributed by atoms with Gasteiger partial charge in [0.15, 0.2) is 0 Å². The number of nitrogens with zero attached hydrogens (tertiary/aromatic N) is 4. The molecule has 1 aromatic carbocycles. The molecule has 0 aliphatic heterocycles. The number of aromatic nitrogens is 4. The Balaban J connectivity index is 1.82. The van der Waals surface area contributed by atoms with Crippen molar-refractivity contribution in [2.75, 3.05) is 0 Å². The van der Waals surface area contributed by atoms with E-state index in [0.717, 1.165) is 11.3 Å². The van der Waals surface area contributed by atoms with Crippen molar-refractivity contribution in [1.82, 2.24) is 20.0 Å². The highest BCUT2D eigenvalue weighted by Gasteiger charge is 2.03. The smallest absolute Gasteiger partial charge is 0.219 e. The van der Waals surface area contributed by atoms with Crippen molar-refractivity contribution >= 4 is 0 Å². The minimum atomic E-state index is 0.506. The summed E-state index contributed by atoms with van der Waals surface area (Å²) in [6.07, 6.45) is 4.88. The van der Waals surface area contributed by atoms with Crippen LogP contribution >= 0.6 is 0 Å². The molecule has 19 heavy (non-hydrogen) atoms. The van der Waals surface area contributed by atoms with Crippen molar-refractivity contribution in [3.8, 4) is 17.3 Å². The van der Waals surface area contributed by atoms with E-state index in [1.165, 1.54) is 4.80 Å². The number of para-hydroxylation sites is 1. The van der Waals surface area contributed by atoms with E-state index < -0.39 is 0 Å². The maximum absolute atomic E-state index is 5.66. The van der Waals surface area contributed by atoms with Crippen LogP contribution in [0, 0.1) is 6.92 Å². The van der Waals surface area contributed by atoms with Crippen molar-refractivity contribution < 1.29 is 4.74 Å². The van der Waals surface area contributed by atoms with Crippen LogP contribution in [0.3, 0.4) is 0 Å². The Bertz CT molecular complexity index is 662. The average molecular weight is 251 g/mol. The molecular weight excluding hydrogens is 240 g/mol. The van der Waals surface area contributed by atoms with E-state index in [1.807, 2.05) is 30.3 Å². The maximum Gasteiger partial charge on any atom is 0.219 e. The summed E-state index contributed by atoms with van der Waals surface area (Å²) in [5.74, 6) is 1.20. The van der Waals surface area contributed by atoms with Gasteiger partial charge in [-0.2, -0.15) is 15.0 Å². The van der Waals surface area contributed by atoms with Crippen LogP contribution in [0.15, 0.2) is 55.0 Å². The van der Waals surface area contributed by atoms with Crippen molar-refractivity contribution in [3.63, 3.8) is 0 Å². The van der Waals surface area contributed by atoms with Gasteiger partial charge in [-0.05, 0) is 24.6 Å². The summed E-state index contributed by atoms with van der Waals surface area (Å²) in [7, 11) is 0. The standard InChI is InChI=1S/C14H11N4O/c1-11-4-2-3-5-13(11)19-14-7-6-12(10-15-14)18-16-8-9-17-18/h2-10H,1H2. The van der Waals surface area contributed by atoms with Crippen molar-refractivity contribution in [2.24, 2.45) is 0 Å². The van der Waals surface area contributed by atoms with Gasteiger partial charge in [0.2, 0.25) is 5.88 Å². The molecule has 0 atom stereocenters. The highest BCUT2D eigenvalue weighted by Crippen LogP contribution is 2.23. The van der Waals surface area contributed by atoms with Crippen LogP contribution in [-0.4, -0.2) is 20.0 Å². The number of pyridine rings is 1. The second-order valence-electron chi connectivity index (χ2n) is 3.88. The third-order valence-corrected chi connectivity index (χ3v) is 2.56. The van der Waals surface area contributed by atoms with E-state index >= 15 is 0 Å². The van der Waals surface area contributed by atoms with Crippen LogP contribution in [-0.2, 0) is 0 Å². The summed E-state index contributed by atoms with van der Waals surface area (Å²) in [6, 6.07) is 11.2. The number of hydrogen-bond donors (Lipinski definition) is 0. The first-order valence-corrected chi connectivity index (χ1v) is 5.74. The van der Waals surface area contributed by atoms with E-state index in [4.69, 9.17) is 4.74 Å². The molecule has 5 heteroatoms. The van der Waals surface area contributed by atoms with Crippen LogP contribution in [0.5, 0.6) is 11.6 Å². The zero-order valence-corrected chi connectivity index (χ0v) is 10.1. The van der Waals surface area contributed by atoms with E-state index in [-0.39, 0.29) is 0 Å². The van der Waals surface area contributed by atoms with Crippen molar-refractivity contribution in [3.05, 3.63) is 67.5 Å². The lowest BCUT2D eigenvalue weighted by molar-refractivity contribution is 0.460. The van der Waals surface area contributed by atoms with E-state index in [0.29, 0.717) is 11.6 Å². The molecule has 3 rings (SSSR count). The Morgan fingerprint density at radius 3 is 2.47 bits per heavy atom. The van der Waals surface area contributed by atoms with Gasteiger partial charge in [-0.15, -0.1) is 0 Å². The Morgan fingerprint density at radius 2 is 1.79 bits per heavy atom. The van der Waals surface area contributed by atoms with E-state index in [9.17, 15) is 0 Å². The monoisotopic (exact) mass is 251 g/mol. The molecule has 2 heterocycles. The zero-order chi connectivity index (χ0) is 13.1. The Hall–Kier alpha value is -2.69. The van der Waals surface area contributed by atoms with Gasteiger partial charge in [-0.3, -0.25) is 0 Å². The molecule has 0 aliphatic rings. The Morgan fingerprint density at radius 1 is 1.00 bits per heavy atom. The molecule has 0 N–H and O–H groups in total. The number of hydrogen-bond acceptors (Lipinski definition) is 4. The van der Waals surface area contributed by atoms with Gasteiger partial charge >= 0.3 is 0 Å². The summed E-state index contributed by atoms with van der Waals surface area (Å²) in [5, 5.41) is 8.06. The average Bonchev–Trinajstić information content (AvgIpc) is 2.96. The molecule has 0 spiro atoms. The quantitative estimate of drug-likeness (QED) is 0.718. The SMILES string of the molecule is [CH2]c1ccccc1Oc1ccc(-n2nccn2)cn1. The van der Waals surface area contributed by atoms with Crippen LogP contribution in [0.2, 0.25) is 0 Å². The second-order valence-corrected chi connectivity index (χ2v) is 3.88. The zero-order valence-electron chi connectivity index (χ0n) is 10.1. The fraction of sp³-hybridized carbons (Fsp3) is 0. The molecule has 0 amide bonds. The minimum Gasteiger partial charge on any atom is -0.439 e. The first kappa shape index (κ1) is 11.4. The number of rotatable bonds is 3. The summed E-state index contributed by atoms with van der Waals surface area (Å²) in [6.45, 7) is 3.90. The van der Waals surface area contributed by atoms with Crippen LogP contribution in [0.4, 0.5) is 0 Å². The summed E-state index contributed by atoms with van der Waals surface area (Å²) in [5.41, 5.74) is 1.60. The third-order valence-electron chi connectivity index (χ3n) is 2.56. The first-order chi connectivity index (χ1) is 9.33. The molecule has 93 valence electrons. The van der Waals surface area contributed by atoms with Gasteiger partial charge in [0.05, 0.1) is 18.6 Å². The Kier molecular flexibility index (Phi) is 2.94. The molecule has 1 radical (unpaired) electrons. The molecule has 3 aromatic rings. The summed E-state index contributed by atoms with van der Waals surface area (Å²) < 4.78 is 5.66. The second kappa shape index (κ2) is 4.89. The molecule has 0 fully saturated rings.